The van der Waals surface area contributed by atoms with Gasteiger partial charge in [-0.3, -0.25) is 14.4 Å². The maximum atomic E-state index is 12.1. The molecule has 2 rings (SSSR count). The third kappa shape index (κ3) is 4.21. The van der Waals surface area contributed by atoms with Gasteiger partial charge in [-0.2, -0.15) is 0 Å². The van der Waals surface area contributed by atoms with Crippen molar-refractivity contribution in [1.82, 2.24) is 9.80 Å². The Hall–Kier alpha value is -2.08. The molecule has 1 aliphatic rings. The molecule has 0 saturated carbocycles. The number of rotatable bonds is 4. The van der Waals surface area contributed by atoms with Crippen molar-refractivity contribution in [1.29, 1.82) is 0 Å². The van der Waals surface area contributed by atoms with Gasteiger partial charge in [-0.15, -0.1) is 0 Å². The van der Waals surface area contributed by atoms with Crippen molar-refractivity contribution in [3.8, 4) is 0 Å². The average molecular weight is 324 g/mol. The summed E-state index contributed by atoms with van der Waals surface area (Å²) in [5.74, 6) is -0.601. The molecule has 1 fully saturated rings. The lowest BCUT2D eigenvalue weighted by molar-refractivity contribution is -0.137. The predicted molar refractivity (Wildman–Crippen MR) is 83.7 cm³/mol. The molecule has 0 bridgehead atoms. The number of benzene rings is 1. The number of anilines is 1. The summed E-state index contributed by atoms with van der Waals surface area (Å²) in [5.41, 5.74) is 1.49. The van der Waals surface area contributed by atoms with Crippen LogP contribution in [0.1, 0.15) is 12.0 Å². The van der Waals surface area contributed by atoms with E-state index < -0.39 is 0 Å². The van der Waals surface area contributed by atoms with Crippen molar-refractivity contribution in [3.05, 3.63) is 28.8 Å². The molecule has 118 valence electrons. The summed E-state index contributed by atoms with van der Waals surface area (Å²) < 4.78 is 0. The third-order valence-corrected chi connectivity index (χ3v) is 3.84. The lowest BCUT2D eigenvalue weighted by Gasteiger charge is -2.32. The van der Waals surface area contributed by atoms with E-state index in [4.69, 9.17) is 11.6 Å². The zero-order valence-electron chi connectivity index (χ0n) is 12.3. The Labute approximate surface area is 134 Å². The van der Waals surface area contributed by atoms with E-state index in [-0.39, 0.29) is 18.2 Å². The second kappa shape index (κ2) is 7.26. The minimum absolute atomic E-state index is 0.215. The van der Waals surface area contributed by atoms with E-state index in [1.807, 2.05) is 6.92 Å². The number of carbonyl (C=O) groups excluding carboxylic acids is 3. The van der Waals surface area contributed by atoms with Gasteiger partial charge in [-0.05, 0) is 24.6 Å². The molecule has 7 heteroatoms. The number of hydrogen-bond acceptors (Lipinski definition) is 3. The molecular formula is C15H18ClN3O3. The normalized spacial score (nSPS) is 14.6. The number of amides is 3. The fraction of sp³-hybridized carbons (Fsp3) is 0.400. The van der Waals surface area contributed by atoms with Crippen molar-refractivity contribution in [2.24, 2.45) is 0 Å². The average Bonchev–Trinajstić information content (AvgIpc) is 2.51. The van der Waals surface area contributed by atoms with Gasteiger partial charge in [0.25, 0.3) is 0 Å². The van der Waals surface area contributed by atoms with Gasteiger partial charge in [-0.25, -0.2) is 0 Å². The lowest BCUT2D eigenvalue weighted by Crippen LogP contribution is -2.48. The van der Waals surface area contributed by atoms with E-state index in [0.29, 0.717) is 36.9 Å². The summed E-state index contributed by atoms with van der Waals surface area (Å²) in [6.45, 7) is 3.78. The zero-order valence-corrected chi connectivity index (χ0v) is 13.1. The van der Waals surface area contributed by atoms with Crippen molar-refractivity contribution in [2.45, 2.75) is 13.3 Å². The first-order valence-corrected chi connectivity index (χ1v) is 7.40. The summed E-state index contributed by atoms with van der Waals surface area (Å²) in [5, 5.41) is 3.23. The summed E-state index contributed by atoms with van der Waals surface area (Å²) in [6, 6.07) is 5.20. The molecule has 22 heavy (non-hydrogen) atoms. The van der Waals surface area contributed by atoms with Gasteiger partial charge in [0.05, 0.1) is 0 Å². The molecule has 0 unspecified atom stereocenters. The highest BCUT2D eigenvalue weighted by molar-refractivity contribution is 6.31. The first-order valence-electron chi connectivity index (χ1n) is 7.02. The summed E-state index contributed by atoms with van der Waals surface area (Å²) in [7, 11) is 0. The Bertz CT molecular complexity index is 583. The Morgan fingerprint density at radius 2 is 1.95 bits per heavy atom. The second-order valence-corrected chi connectivity index (χ2v) is 5.64. The van der Waals surface area contributed by atoms with Gasteiger partial charge < -0.3 is 15.1 Å². The molecule has 1 heterocycles. The van der Waals surface area contributed by atoms with E-state index in [0.717, 1.165) is 12.0 Å². The smallest absolute Gasteiger partial charge is 0.233 e. The number of hydrogen-bond donors (Lipinski definition) is 1. The first kappa shape index (κ1) is 16.3. The highest BCUT2D eigenvalue weighted by Gasteiger charge is 2.22. The van der Waals surface area contributed by atoms with Crippen LogP contribution in [0, 0.1) is 6.92 Å². The molecular weight excluding hydrogens is 306 g/mol. The SMILES string of the molecule is Cc1ccc(Cl)cc1NC(=O)CC(=O)N1CCN(C=O)CC1. The van der Waals surface area contributed by atoms with Gasteiger partial charge in [0.15, 0.2) is 0 Å². The number of aryl methyl sites for hydroxylation is 1. The predicted octanol–water partition coefficient (Wildman–Crippen LogP) is 1.28. The van der Waals surface area contributed by atoms with Crippen LogP contribution in [0.5, 0.6) is 0 Å². The van der Waals surface area contributed by atoms with Gasteiger partial charge >= 0.3 is 0 Å². The largest absolute Gasteiger partial charge is 0.342 e. The van der Waals surface area contributed by atoms with E-state index in [9.17, 15) is 14.4 Å². The molecule has 0 spiro atoms. The topological polar surface area (TPSA) is 69.7 Å². The fourth-order valence-electron chi connectivity index (χ4n) is 2.25. The number of nitrogens with zero attached hydrogens (tertiary/aromatic N) is 2. The van der Waals surface area contributed by atoms with Crippen molar-refractivity contribution in [3.63, 3.8) is 0 Å². The van der Waals surface area contributed by atoms with Crippen LogP contribution >= 0.6 is 11.6 Å². The summed E-state index contributed by atoms with van der Waals surface area (Å²) in [4.78, 5) is 37.9. The van der Waals surface area contributed by atoms with Gasteiger partial charge in [0, 0.05) is 36.9 Å². The van der Waals surface area contributed by atoms with Crippen LogP contribution in [-0.2, 0) is 14.4 Å². The molecule has 3 amide bonds. The quantitative estimate of drug-likeness (QED) is 0.670. The van der Waals surface area contributed by atoms with Crippen molar-refractivity contribution < 1.29 is 14.4 Å². The Kier molecular flexibility index (Phi) is 5.38. The molecule has 0 aliphatic carbocycles. The van der Waals surface area contributed by atoms with E-state index in [2.05, 4.69) is 5.32 Å². The van der Waals surface area contributed by atoms with E-state index in [1.165, 1.54) is 0 Å². The van der Waals surface area contributed by atoms with Crippen LogP contribution < -0.4 is 5.32 Å². The van der Waals surface area contributed by atoms with E-state index in [1.54, 1.807) is 28.0 Å². The minimum atomic E-state index is -0.367. The number of carbonyl (C=O) groups is 3. The molecule has 1 aliphatic heterocycles. The molecule has 1 aromatic rings. The highest BCUT2D eigenvalue weighted by atomic mass is 35.5. The van der Waals surface area contributed by atoms with Gasteiger partial charge in [0.1, 0.15) is 6.42 Å². The number of halogens is 1. The Balaban J connectivity index is 1.88. The Morgan fingerprint density at radius 1 is 1.27 bits per heavy atom. The van der Waals surface area contributed by atoms with Crippen LogP contribution in [-0.4, -0.2) is 54.2 Å². The summed E-state index contributed by atoms with van der Waals surface area (Å²) in [6.07, 6.45) is 0.559. The van der Waals surface area contributed by atoms with E-state index >= 15 is 0 Å². The number of piperazine rings is 1. The van der Waals surface area contributed by atoms with Crippen LogP contribution in [0.15, 0.2) is 18.2 Å². The molecule has 0 atom stereocenters. The standard InChI is InChI=1S/C15H18ClN3O3/c1-11-2-3-12(16)8-13(11)17-14(21)9-15(22)19-6-4-18(10-20)5-7-19/h2-3,8,10H,4-7,9H2,1H3,(H,17,21). The minimum Gasteiger partial charge on any atom is -0.342 e. The Morgan fingerprint density at radius 3 is 2.59 bits per heavy atom. The summed E-state index contributed by atoms with van der Waals surface area (Å²) >= 11 is 5.90. The molecule has 6 nitrogen and oxygen atoms in total. The molecule has 1 aromatic carbocycles. The first-order chi connectivity index (χ1) is 10.5. The molecule has 0 aromatic heterocycles. The monoisotopic (exact) mass is 323 g/mol. The maximum Gasteiger partial charge on any atom is 0.233 e. The molecule has 0 radical (unpaired) electrons. The third-order valence-electron chi connectivity index (χ3n) is 3.60. The second-order valence-electron chi connectivity index (χ2n) is 5.21. The van der Waals surface area contributed by atoms with Crippen molar-refractivity contribution in [2.75, 3.05) is 31.5 Å². The molecule has 1 N–H and O–H groups in total. The number of nitrogens with one attached hydrogen (secondary N) is 1. The maximum absolute atomic E-state index is 12.1. The lowest BCUT2D eigenvalue weighted by atomic mass is 10.2. The van der Waals surface area contributed by atoms with Crippen molar-refractivity contribution >= 4 is 35.5 Å². The highest BCUT2D eigenvalue weighted by Crippen LogP contribution is 2.20. The van der Waals surface area contributed by atoms with Crippen LogP contribution in [0.3, 0.4) is 0 Å². The van der Waals surface area contributed by atoms with Crippen LogP contribution in [0.4, 0.5) is 5.69 Å². The van der Waals surface area contributed by atoms with Gasteiger partial charge in [-0.1, -0.05) is 17.7 Å². The van der Waals surface area contributed by atoms with Crippen LogP contribution in [0.25, 0.3) is 0 Å². The zero-order chi connectivity index (χ0) is 16.1. The fourth-order valence-corrected chi connectivity index (χ4v) is 2.42. The molecule has 1 saturated heterocycles. The van der Waals surface area contributed by atoms with Crippen LogP contribution in [0.2, 0.25) is 5.02 Å². The van der Waals surface area contributed by atoms with Gasteiger partial charge in [0.2, 0.25) is 18.2 Å².